The summed E-state index contributed by atoms with van der Waals surface area (Å²) in [7, 11) is 0. The van der Waals surface area contributed by atoms with Crippen molar-refractivity contribution in [1.29, 1.82) is 0 Å². The van der Waals surface area contributed by atoms with Crippen LogP contribution in [0.5, 0.6) is 0 Å². The minimum Gasteiger partial charge on any atom is -0.356 e. The van der Waals surface area contributed by atoms with Gasteiger partial charge in [0.15, 0.2) is 5.16 Å². The molecule has 0 radical (unpaired) electrons. The molecule has 0 bridgehead atoms. The number of aryl methyl sites for hydroxylation is 1. The maximum absolute atomic E-state index is 12.8. The maximum Gasteiger partial charge on any atom is 0.258 e. The van der Waals surface area contributed by atoms with Crippen molar-refractivity contribution in [1.82, 2.24) is 9.55 Å². The summed E-state index contributed by atoms with van der Waals surface area (Å²) in [5.74, 6) is -0.245. The van der Waals surface area contributed by atoms with Crippen LogP contribution in [-0.2, 0) is 24.2 Å². The number of para-hydroxylation sites is 1. The largest absolute Gasteiger partial charge is 0.356 e. The second kappa shape index (κ2) is 8.53. The molecule has 6 nitrogen and oxygen atoms in total. The molecule has 2 N–H and O–H groups in total. The Labute approximate surface area is 173 Å². The number of hydrogen-bond donors (Lipinski definition) is 2. The molecule has 1 amide bonds. The third kappa shape index (κ3) is 4.35. The molecule has 1 aromatic heterocycles. The number of benzene rings is 2. The van der Waals surface area contributed by atoms with Gasteiger partial charge in [-0.05, 0) is 61.9 Å². The van der Waals surface area contributed by atoms with Gasteiger partial charge in [-0.2, -0.15) is 0 Å². The van der Waals surface area contributed by atoms with Crippen LogP contribution in [0.3, 0.4) is 0 Å². The fraction of sp³-hybridized carbons (Fsp3) is 0.227. The number of hydrogen-bond acceptors (Lipinski definition) is 5. The standard InChI is InChI=1S/C22H22N4O2S/c1-29-22-25-19-9-5-8-18(19)21(28)26(22)14-20(27)24-17-12-10-16(11-13-17)23-15-6-3-2-4-7-15/h2-4,6-7,10-13,23H,5,8-9,14H2,1H3,(H,24,27). The van der Waals surface area contributed by atoms with Gasteiger partial charge in [0.2, 0.25) is 5.91 Å². The lowest BCUT2D eigenvalue weighted by Crippen LogP contribution is -2.31. The van der Waals surface area contributed by atoms with E-state index in [1.54, 1.807) is 0 Å². The predicted octanol–water partition coefficient (Wildman–Crippen LogP) is 3.84. The molecule has 0 aliphatic heterocycles. The SMILES string of the molecule is CSc1nc2c(c(=O)n1CC(=O)Nc1ccc(Nc3ccccc3)cc1)CCC2. The predicted molar refractivity (Wildman–Crippen MR) is 117 cm³/mol. The first-order valence-corrected chi connectivity index (χ1v) is 10.7. The maximum atomic E-state index is 12.8. The molecule has 0 atom stereocenters. The average molecular weight is 407 g/mol. The number of carbonyl (C=O) groups is 1. The fourth-order valence-corrected chi connectivity index (χ4v) is 4.04. The van der Waals surface area contributed by atoms with Gasteiger partial charge in [-0.25, -0.2) is 4.98 Å². The molecule has 0 fully saturated rings. The molecule has 1 heterocycles. The third-order valence-electron chi connectivity index (χ3n) is 4.87. The van der Waals surface area contributed by atoms with E-state index in [4.69, 9.17) is 0 Å². The second-order valence-electron chi connectivity index (χ2n) is 6.89. The zero-order valence-electron chi connectivity index (χ0n) is 16.1. The van der Waals surface area contributed by atoms with Crippen molar-refractivity contribution in [2.45, 2.75) is 31.0 Å². The van der Waals surface area contributed by atoms with Crippen molar-refractivity contribution < 1.29 is 4.79 Å². The zero-order valence-corrected chi connectivity index (χ0v) is 17.0. The monoisotopic (exact) mass is 406 g/mol. The molecule has 0 saturated heterocycles. The van der Waals surface area contributed by atoms with Crippen LogP contribution in [0.15, 0.2) is 64.5 Å². The van der Waals surface area contributed by atoms with Crippen molar-refractivity contribution in [3.05, 3.63) is 76.2 Å². The number of carbonyl (C=O) groups excluding carboxylic acids is 1. The van der Waals surface area contributed by atoms with Crippen LogP contribution < -0.4 is 16.2 Å². The topological polar surface area (TPSA) is 76.0 Å². The summed E-state index contributed by atoms with van der Waals surface area (Å²) < 4.78 is 1.48. The van der Waals surface area contributed by atoms with E-state index < -0.39 is 0 Å². The third-order valence-corrected chi connectivity index (χ3v) is 5.55. The number of amides is 1. The molecule has 1 aliphatic rings. The lowest BCUT2D eigenvalue weighted by molar-refractivity contribution is -0.116. The summed E-state index contributed by atoms with van der Waals surface area (Å²) in [5.41, 5.74) is 4.16. The molecule has 7 heteroatoms. The molecule has 1 aliphatic carbocycles. The van der Waals surface area contributed by atoms with Gasteiger partial charge in [-0.1, -0.05) is 30.0 Å². The van der Waals surface area contributed by atoms with Crippen molar-refractivity contribution in [2.24, 2.45) is 0 Å². The van der Waals surface area contributed by atoms with Crippen LogP contribution in [0.2, 0.25) is 0 Å². The smallest absolute Gasteiger partial charge is 0.258 e. The van der Waals surface area contributed by atoms with Crippen molar-refractivity contribution in [3.63, 3.8) is 0 Å². The Bertz CT molecular complexity index is 1080. The first-order chi connectivity index (χ1) is 14.1. The van der Waals surface area contributed by atoms with Crippen molar-refractivity contribution >= 4 is 34.7 Å². The summed E-state index contributed by atoms with van der Waals surface area (Å²) in [6, 6.07) is 17.4. The van der Waals surface area contributed by atoms with E-state index in [-0.39, 0.29) is 18.0 Å². The molecule has 29 heavy (non-hydrogen) atoms. The quantitative estimate of drug-likeness (QED) is 0.481. The Balaban J connectivity index is 1.45. The average Bonchev–Trinajstić information content (AvgIpc) is 3.21. The van der Waals surface area contributed by atoms with Gasteiger partial charge in [0.05, 0.1) is 5.69 Å². The lowest BCUT2D eigenvalue weighted by atomic mass is 10.2. The normalized spacial score (nSPS) is 12.4. The van der Waals surface area contributed by atoms with E-state index in [1.807, 2.05) is 60.9 Å². The molecule has 2 aromatic carbocycles. The Hall–Kier alpha value is -3.06. The number of nitrogens with zero attached hydrogens (tertiary/aromatic N) is 2. The molecule has 0 spiro atoms. The van der Waals surface area contributed by atoms with E-state index in [2.05, 4.69) is 15.6 Å². The van der Waals surface area contributed by atoms with Gasteiger partial charge in [0.1, 0.15) is 6.54 Å². The summed E-state index contributed by atoms with van der Waals surface area (Å²) in [4.78, 5) is 29.9. The second-order valence-corrected chi connectivity index (χ2v) is 7.66. The highest BCUT2D eigenvalue weighted by Crippen LogP contribution is 2.21. The minimum absolute atomic E-state index is 0.0424. The van der Waals surface area contributed by atoms with Gasteiger partial charge in [-0.15, -0.1) is 0 Å². The van der Waals surface area contributed by atoms with Crippen molar-refractivity contribution in [3.8, 4) is 0 Å². The van der Waals surface area contributed by atoms with E-state index in [0.717, 1.165) is 41.9 Å². The molecule has 0 saturated carbocycles. The number of nitrogens with one attached hydrogen (secondary N) is 2. The van der Waals surface area contributed by atoms with Crippen molar-refractivity contribution in [2.75, 3.05) is 16.9 Å². The summed E-state index contributed by atoms with van der Waals surface area (Å²) >= 11 is 1.39. The van der Waals surface area contributed by atoms with Crippen LogP contribution in [0.4, 0.5) is 17.1 Å². The molecule has 0 unspecified atom stereocenters. The van der Waals surface area contributed by atoms with Gasteiger partial charge < -0.3 is 10.6 Å². The zero-order chi connectivity index (χ0) is 20.2. The minimum atomic E-state index is -0.245. The van der Waals surface area contributed by atoms with Gasteiger partial charge in [0.25, 0.3) is 5.56 Å². The molecule has 148 valence electrons. The number of rotatable bonds is 6. The molecular formula is C22H22N4O2S. The highest BCUT2D eigenvalue weighted by atomic mass is 32.2. The van der Waals surface area contributed by atoms with Crippen LogP contribution >= 0.6 is 11.8 Å². The number of aromatic nitrogens is 2. The summed E-state index contributed by atoms with van der Waals surface area (Å²) in [5, 5.41) is 6.76. The number of anilines is 3. The van der Waals surface area contributed by atoms with Crippen LogP contribution in [0.25, 0.3) is 0 Å². The highest BCUT2D eigenvalue weighted by Gasteiger charge is 2.21. The van der Waals surface area contributed by atoms with E-state index in [9.17, 15) is 9.59 Å². The van der Waals surface area contributed by atoms with Gasteiger partial charge >= 0.3 is 0 Å². The lowest BCUT2D eigenvalue weighted by Gasteiger charge is -2.13. The van der Waals surface area contributed by atoms with Crippen LogP contribution in [0, 0.1) is 0 Å². The summed E-state index contributed by atoms with van der Waals surface area (Å²) in [6.45, 7) is -0.0424. The van der Waals surface area contributed by atoms with E-state index in [0.29, 0.717) is 10.8 Å². The number of fused-ring (bicyclic) bond motifs is 1. The Morgan fingerprint density at radius 1 is 1.03 bits per heavy atom. The summed E-state index contributed by atoms with van der Waals surface area (Å²) in [6.07, 6.45) is 4.41. The van der Waals surface area contributed by atoms with Crippen LogP contribution in [0.1, 0.15) is 17.7 Å². The Morgan fingerprint density at radius 2 is 1.72 bits per heavy atom. The molecule has 4 rings (SSSR count). The van der Waals surface area contributed by atoms with E-state index in [1.165, 1.54) is 16.3 Å². The molecular weight excluding hydrogens is 384 g/mol. The Kier molecular flexibility index (Phi) is 5.67. The van der Waals surface area contributed by atoms with E-state index >= 15 is 0 Å². The first kappa shape index (κ1) is 19.3. The Morgan fingerprint density at radius 3 is 2.45 bits per heavy atom. The van der Waals surface area contributed by atoms with Gasteiger partial charge in [0, 0.05) is 22.6 Å². The van der Waals surface area contributed by atoms with Crippen LogP contribution in [-0.4, -0.2) is 21.7 Å². The van der Waals surface area contributed by atoms with Gasteiger partial charge in [-0.3, -0.25) is 14.2 Å². The first-order valence-electron chi connectivity index (χ1n) is 9.52. The molecule has 3 aromatic rings. The highest BCUT2D eigenvalue weighted by molar-refractivity contribution is 7.98. The fourth-order valence-electron chi connectivity index (χ4n) is 3.47. The number of thioether (sulfide) groups is 1.